The molecule has 0 unspecified atom stereocenters. The highest BCUT2D eigenvalue weighted by molar-refractivity contribution is 5.99. The fourth-order valence-electron chi connectivity index (χ4n) is 1.86. The van der Waals surface area contributed by atoms with Gasteiger partial charge in [-0.05, 0) is 0 Å². The molecule has 0 aliphatic carbocycles. The van der Waals surface area contributed by atoms with Gasteiger partial charge in [0.15, 0.2) is 5.82 Å². The van der Waals surface area contributed by atoms with E-state index in [4.69, 9.17) is 0 Å². The van der Waals surface area contributed by atoms with E-state index < -0.39 is 0 Å². The largest absolute Gasteiger partial charge is 0.368 e. The number of anilines is 1. The zero-order valence-corrected chi connectivity index (χ0v) is 9.68. The van der Waals surface area contributed by atoms with Crippen LogP contribution in [0.2, 0.25) is 0 Å². The molecule has 90 valence electrons. The Kier molecular flexibility index (Phi) is 2.64. The van der Waals surface area contributed by atoms with Crippen LogP contribution in [0.4, 0.5) is 5.82 Å². The van der Waals surface area contributed by atoms with Crippen molar-refractivity contribution in [3.05, 3.63) is 42.1 Å². The molecular weight excluding hydrogens is 228 g/mol. The Labute approximate surface area is 104 Å². The predicted octanol–water partition coefficient (Wildman–Crippen LogP) is 1.30. The van der Waals surface area contributed by atoms with Gasteiger partial charge in [0, 0.05) is 24.8 Å². The molecule has 1 aliphatic heterocycles. The average molecular weight is 240 g/mol. The Balaban J connectivity index is 2.06. The molecule has 0 saturated carbocycles. The quantitative estimate of drug-likeness (QED) is 0.788. The van der Waals surface area contributed by atoms with Crippen LogP contribution in [0.3, 0.4) is 0 Å². The summed E-state index contributed by atoms with van der Waals surface area (Å²) in [5.74, 6) is 1.09. The van der Waals surface area contributed by atoms with E-state index in [9.17, 15) is 4.79 Å². The van der Waals surface area contributed by atoms with Gasteiger partial charge in [0.1, 0.15) is 11.4 Å². The van der Waals surface area contributed by atoms with Crippen molar-refractivity contribution in [2.24, 2.45) is 0 Å². The Bertz CT molecular complexity index is 583. The molecule has 2 aromatic rings. The summed E-state index contributed by atoms with van der Waals surface area (Å²) in [7, 11) is 0. The first kappa shape index (κ1) is 10.7. The Morgan fingerprint density at radius 1 is 1.06 bits per heavy atom. The maximum atomic E-state index is 11.7. The van der Waals surface area contributed by atoms with Crippen molar-refractivity contribution in [1.29, 1.82) is 0 Å². The number of aromatic nitrogens is 2. The van der Waals surface area contributed by atoms with E-state index in [1.165, 1.54) is 0 Å². The normalized spacial score (nSPS) is 14.1. The number of fused-ring (bicyclic) bond motifs is 1. The van der Waals surface area contributed by atoms with Gasteiger partial charge in [0.25, 0.3) is 5.91 Å². The molecule has 3 rings (SSSR count). The number of hydrogen-bond donors (Lipinski definition) is 2. The number of nitrogens with zero attached hydrogens (tertiary/aromatic N) is 2. The van der Waals surface area contributed by atoms with E-state index in [0.29, 0.717) is 30.3 Å². The van der Waals surface area contributed by atoms with E-state index in [1.54, 1.807) is 6.20 Å². The molecule has 0 saturated heterocycles. The molecule has 1 aliphatic rings. The highest BCUT2D eigenvalue weighted by atomic mass is 16.1. The molecule has 2 N–H and O–H groups in total. The van der Waals surface area contributed by atoms with E-state index >= 15 is 0 Å². The van der Waals surface area contributed by atoms with Crippen molar-refractivity contribution in [1.82, 2.24) is 15.3 Å². The Hall–Kier alpha value is -2.43. The Morgan fingerprint density at radius 3 is 2.67 bits per heavy atom. The third-order valence-electron chi connectivity index (χ3n) is 2.77. The van der Waals surface area contributed by atoms with Crippen molar-refractivity contribution in [3.8, 4) is 11.4 Å². The predicted molar refractivity (Wildman–Crippen MR) is 68.3 cm³/mol. The summed E-state index contributed by atoms with van der Waals surface area (Å²) >= 11 is 0. The second-order valence-corrected chi connectivity index (χ2v) is 4.00. The molecule has 0 atom stereocenters. The van der Waals surface area contributed by atoms with Crippen molar-refractivity contribution >= 4 is 11.7 Å². The molecule has 0 bridgehead atoms. The lowest BCUT2D eigenvalue weighted by molar-refractivity contribution is 0.0957. The second-order valence-electron chi connectivity index (χ2n) is 4.00. The van der Waals surface area contributed by atoms with Crippen molar-refractivity contribution in [3.63, 3.8) is 0 Å². The van der Waals surface area contributed by atoms with Gasteiger partial charge in [0.2, 0.25) is 0 Å². The van der Waals surface area contributed by atoms with Gasteiger partial charge >= 0.3 is 0 Å². The minimum atomic E-state index is -0.130. The molecule has 0 fully saturated rings. The highest BCUT2D eigenvalue weighted by Gasteiger charge is 2.17. The smallest absolute Gasteiger partial charge is 0.256 e. The average Bonchev–Trinajstić information content (AvgIpc) is 2.61. The zero-order valence-electron chi connectivity index (χ0n) is 9.68. The Morgan fingerprint density at radius 2 is 1.83 bits per heavy atom. The van der Waals surface area contributed by atoms with E-state index in [-0.39, 0.29) is 5.91 Å². The summed E-state index contributed by atoms with van der Waals surface area (Å²) < 4.78 is 0. The van der Waals surface area contributed by atoms with Crippen LogP contribution >= 0.6 is 0 Å². The topological polar surface area (TPSA) is 66.9 Å². The number of rotatable bonds is 1. The molecule has 5 nitrogen and oxygen atoms in total. The number of benzene rings is 1. The monoisotopic (exact) mass is 240 g/mol. The first-order chi connectivity index (χ1) is 8.84. The van der Waals surface area contributed by atoms with Crippen LogP contribution < -0.4 is 10.6 Å². The lowest BCUT2D eigenvalue weighted by Gasteiger charge is -2.06. The minimum absolute atomic E-state index is 0.130. The number of amides is 1. The third kappa shape index (κ3) is 1.90. The van der Waals surface area contributed by atoms with Gasteiger partial charge in [-0.15, -0.1) is 0 Å². The van der Waals surface area contributed by atoms with Crippen LogP contribution in [-0.4, -0.2) is 29.0 Å². The molecule has 0 spiro atoms. The van der Waals surface area contributed by atoms with Gasteiger partial charge in [-0.2, -0.15) is 0 Å². The van der Waals surface area contributed by atoms with Crippen LogP contribution in [0.25, 0.3) is 11.4 Å². The van der Waals surface area contributed by atoms with Crippen molar-refractivity contribution in [2.75, 3.05) is 18.4 Å². The number of carbonyl (C=O) groups is 1. The molecule has 1 aromatic carbocycles. The van der Waals surface area contributed by atoms with Gasteiger partial charge in [-0.3, -0.25) is 4.79 Å². The lowest BCUT2D eigenvalue weighted by atomic mass is 10.2. The summed E-state index contributed by atoms with van der Waals surface area (Å²) in [6, 6.07) is 9.70. The standard InChI is InChI=1S/C13H12N4O/c18-13-10-8-16-11(9-4-2-1-3-5-9)17-12(10)14-6-7-15-13/h1-5,8H,6-7H2,(H,15,18)(H,14,16,17). The lowest BCUT2D eigenvalue weighted by Crippen LogP contribution is -2.24. The van der Waals surface area contributed by atoms with Crippen molar-refractivity contribution in [2.45, 2.75) is 0 Å². The van der Waals surface area contributed by atoms with Gasteiger partial charge in [0.05, 0.1) is 0 Å². The van der Waals surface area contributed by atoms with Gasteiger partial charge in [-0.25, -0.2) is 9.97 Å². The van der Waals surface area contributed by atoms with Crippen LogP contribution in [0.1, 0.15) is 10.4 Å². The van der Waals surface area contributed by atoms with Crippen LogP contribution in [0.5, 0.6) is 0 Å². The minimum Gasteiger partial charge on any atom is -0.368 e. The van der Waals surface area contributed by atoms with Crippen LogP contribution in [0, 0.1) is 0 Å². The summed E-state index contributed by atoms with van der Waals surface area (Å²) in [6.07, 6.45) is 1.57. The molecular formula is C13H12N4O. The first-order valence-corrected chi connectivity index (χ1v) is 5.79. The second kappa shape index (κ2) is 4.44. The molecule has 2 heterocycles. The summed E-state index contributed by atoms with van der Waals surface area (Å²) in [5, 5.41) is 5.91. The summed E-state index contributed by atoms with van der Waals surface area (Å²) in [6.45, 7) is 1.26. The van der Waals surface area contributed by atoms with E-state index in [0.717, 1.165) is 5.56 Å². The fraction of sp³-hybridized carbons (Fsp3) is 0.154. The van der Waals surface area contributed by atoms with Crippen LogP contribution in [-0.2, 0) is 0 Å². The van der Waals surface area contributed by atoms with Gasteiger partial charge in [-0.1, -0.05) is 30.3 Å². The number of hydrogen-bond acceptors (Lipinski definition) is 4. The molecule has 18 heavy (non-hydrogen) atoms. The van der Waals surface area contributed by atoms with Crippen LogP contribution in [0.15, 0.2) is 36.5 Å². The molecule has 0 radical (unpaired) electrons. The summed E-state index contributed by atoms with van der Waals surface area (Å²) in [5.41, 5.74) is 1.43. The fourth-order valence-corrected chi connectivity index (χ4v) is 1.86. The summed E-state index contributed by atoms with van der Waals surface area (Å²) in [4.78, 5) is 20.4. The maximum absolute atomic E-state index is 11.7. The van der Waals surface area contributed by atoms with Gasteiger partial charge < -0.3 is 10.6 Å². The first-order valence-electron chi connectivity index (χ1n) is 5.79. The molecule has 1 amide bonds. The van der Waals surface area contributed by atoms with E-state index in [2.05, 4.69) is 20.6 Å². The number of carbonyl (C=O) groups excluding carboxylic acids is 1. The SMILES string of the molecule is O=C1NCCNc2nc(-c3ccccc3)ncc21. The van der Waals surface area contributed by atoms with E-state index in [1.807, 2.05) is 30.3 Å². The van der Waals surface area contributed by atoms with Crippen molar-refractivity contribution < 1.29 is 4.79 Å². The third-order valence-corrected chi connectivity index (χ3v) is 2.77. The molecule has 5 heteroatoms. The number of nitrogens with one attached hydrogen (secondary N) is 2. The molecule has 1 aromatic heterocycles. The maximum Gasteiger partial charge on any atom is 0.256 e. The highest BCUT2D eigenvalue weighted by Crippen LogP contribution is 2.19. The zero-order chi connectivity index (χ0) is 12.4.